The largest absolute Gasteiger partial charge is 0.465 e. The Morgan fingerprint density at radius 2 is 1.69 bits per heavy atom. The number of nitrogens with one attached hydrogen (secondary N) is 2. The van der Waals surface area contributed by atoms with Gasteiger partial charge in [-0.15, -0.1) is 0 Å². The first-order valence-corrected chi connectivity index (χ1v) is 12.4. The molecule has 0 bridgehead atoms. The van der Waals surface area contributed by atoms with Gasteiger partial charge in [-0.3, -0.25) is 14.4 Å². The number of hydrogen-bond acceptors (Lipinski definition) is 7. The Bertz CT molecular complexity index is 1630. The van der Waals surface area contributed by atoms with Gasteiger partial charge in [0, 0.05) is 23.1 Å². The van der Waals surface area contributed by atoms with Crippen molar-refractivity contribution >= 4 is 45.5 Å². The Morgan fingerprint density at radius 1 is 1.00 bits per heavy atom. The van der Waals surface area contributed by atoms with E-state index < -0.39 is 35.1 Å². The number of ether oxygens (including phenoxy) is 1. The van der Waals surface area contributed by atoms with Crippen LogP contribution in [0.4, 0.5) is 24.5 Å². The molecule has 2 aromatic carbocycles. The van der Waals surface area contributed by atoms with Crippen LogP contribution in [0.3, 0.4) is 0 Å². The first-order valence-electron chi connectivity index (χ1n) is 11.6. The molecule has 4 aromatic rings. The van der Waals surface area contributed by atoms with Crippen molar-refractivity contribution in [2.45, 2.75) is 25.9 Å². The summed E-state index contributed by atoms with van der Waals surface area (Å²) in [6.07, 6.45) is -3.45. The highest BCUT2D eigenvalue weighted by atomic mass is 32.1. The van der Waals surface area contributed by atoms with E-state index in [0.29, 0.717) is 18.5 Å². The Kier molecular flexibility index (Phi) is 7.81. The predicted octanol–water partition coefficient (Wildman–Crippen LogP) is 5.02. The molecule has 4 rings (SSSR count). The minimum Gasteiger partial charge on any atom is -0.465 e. The molecule has 2 amide bonds. The normalized spacial score (nSPS) is 11.3. The number of benzene rings is 2. The SMILES string of the molecule is CCCc1cc(=O)n2c(C(=O)Nc3cccc(C(F)(F)F)c3)c(C(=O)Nc3ccc(C(=O)OC)cc3)sc2n1. The molecule has 39 heavy (non-hydrogen) atoms. The molecule has 13 heteroatoms. The molecule has 2 aromatic heterocycles. The molecule has 2 N–H and O–H groups in total. The van der Waals surface area contributed by atoms with Crippen LogP contribution in [-0.2, 0) is 17.3 Å². The fourth-order valence-electron chi connectivity index (χ4n) is 3.72. The van der Waals surface area contributed by atoms with Gasteiger partial charge < -0.3 is 15.4 Å². The summed E-state index contributed by atoms with van der Waals surface area (Å²) in [5.41, 5.74) is -1.15. The number of halogens is 3. The lowest BCUT2D eigenvalue weighted by atomic mass is 10.2. The van der Waals surface area contributed by atoms with Crippen molar-refractivity contribution < 1.29 is 32.3 Å². The number of rotatable bonds is 7. The summed E-state index contributed by atoms with van der Waals surface area (Å²) in [5.74, 6) is -2.31. The molecule has 0 atom stereocenters. The predicted molar refractivity (Wildman–Crippen MR) is 138 cm³/mol. The van der Waals surface area contributed by atoms with E-state index >= 15 is 0 Å². The molecule has 0 aliphatic rings. The van der Waals surface area contributed by atoms with Gasteiger partial charge in [-0.1, -0.05) is 30.7 Å². The zero-order chi connectivity index (χ0) is 28.3. The lowest BCUT2D eigenvalue weighted by Gasteiger charge is -2.11. The maximum Gasteiger partial charge on any atom is 0.416 e. The van der Waals surface area contributed by atoms with Gasteiger partial charge in [0.15, 0.2) is 4.96 Å². The van der Waals surface area contributed by atoms with Crippen LogP contribution in [0.5, 0.6) is 0 Å². The van der Waals surface area contributed by atoms with Crippen LogP contribution in [0, 0.1) is 0 Å². The maximum absolute atomic E-state index is 13.3. The summed E-state index contributed by atoms with van der Waals surface area (Å²) >= 11 is 0.788. The number of methoxy groups -OCH3 is 1. The molecule has 9 nitrogen and oxygen atoms in total. The zero-order valence-electron chi connectivity index (χ0n) is 20.6. The van der Waals surface area contributed by atoms with Gasteiger partial charge in [-0.2, -0.15) is 13.2 Å². The molecule has 202 valence electrons. The summed E-state index contributed by atoms with van der Waals surface area (Å²) in [4.78, 5) is 55.6. The third-order valence-electron chi connectivity index (χ3n) is 5.51. The number of hydrogen-bond donors (Lipinski definition) is 2. The van der Waals surface area contributed by atoms with E-state index in [9.17, 15) is 32.3 Å². The van der Waals surface area contributed by atoms with Crippen LogP contribution in [0.2, 0.25) is 0 Å². The molecule has 0 unspecified atom stereocenters. The van der Waals surface area contributed by atoms with Gasteiger partial charge in [0.05, 0.1) is 18.2 Å². The monoisotopic (exact) mass is 558 g/mol. The maximum atomic E-state index is 13.3. The second-order valence-corrected chi connectivity index (χ2v) is 9.27. The molecule has 0 saturated carbocycles. The molecule has 0 fully saturated rings. The van der Waals surface area contributed by atoms with Gasteiger partial charge in [0.2, 0.25) is 0 Å². The number of aryl methyl sites for hydroxylation is 1. The second kappa shape index (κ2) is 11.1. The van der Waals surface area contributed by atoms with Crippen LogP contribution in [0.1, 0.15) is 55.1 Å². The molecule has 0 aliphatic heterocycles. The number of amides is 2. The molecule has 0 radical (unpaired) electrons. The molecular weight excluding hydrogens is 537 g/mol. The van der Waals surface area contributed by atoms with Gasteiger partial charge in [0.1, 0.15) is 10.6 Å². The van der Waals surface area contributed by atoms with E-state index in [0.717, 1.165) is 33.9 Å². The Labute approximate surface area is 223 Å². The van der Waals surface area contributed by atoms with Crippen molar-refractivity contribution in [1.29, 1.82) is 0 Å². The second-order valence-electron chi connectivity index (χ2n) is 8.29. The number of carbonyl (C=O) groups excluding carboxylic acids is 3. The van der Waals surface area contributed by atoms with Crippen molar-refractivity contribution in [3.05, 3.63) is 92.3 Å². The number of fused-ring (bicyclic) bond motifs is 1. The molecule has 2 heterocycles. The van der Waals surface area contributed by atoms with E-state index in [-0.39, 0.29) is 32.5 Å². The standard InChI is InChI=1S/C26H21F3N4O5S/c1-3-5-17-13-19(34)33-20(22(35)31-18-7-4-6-15(12-18)26(27,28)29)21(39-25(33)32-17)23(36)30-16-10-8-14(9-11-16)24(37)38-2/h4,6-13H,3,5H2,1-2H3,(H,30,36)(H,31,35). The summed E-state index contributed by atoms with van der Waals surface area (Å²) in [7, 11) is 1.23. The zero-order valence-corrected chi connectivity index (χ0v) is 21.4. The Hall–Kier alpha value is -4.52. The van der Waals surface area contributed by atoms with Crippen molar-refractivity contribution in [2.75, 3.05) is 17.7 Å². The summed E-state index contributed by atoms with van der Waals surface area (Å²) in [6.45, 7) is 1.90. The number of anilines is 2. The molecular formula is C26H21F3N4O5S. The van der Waals surface area contributed by atoms with Crippen LogP contribution < -0.4 is 16.2 Å². The number of carbonyl (C=O) groups is 3. The number of aromatic nitrogens is 2. The van der Waals surface area contributed by atoms with Gasteiger partial charge >= 0.3 is 12.1 Å². The van der Waals surface area contributed by atoms with Crippen molar-refractivity contribution in [2.24, 2.45) is 0 Å². The van der Waals surface area contributed by atoms with Crippen LogP contribution >= 0.6 is 11.3 Å². The summed E-state index contributed by atoms with van der Waals surface area (Å²) < 4.78 is 45.1. The van der Waals surface area contributed by atoms with Crippen molar-refractivity contribution in [1.82, 2.24) is 9.38 Å². The fraction of sp³-hybridized carbons (Fsp3) is 0.192. The van der Waals surface area contributed by atoms with E-state index in [1.54, 1.807) is 0 Å². The number of nitrogens with zero attached hydrogens (tertiary/aromatic N) is 2. The average Bonchev–Trinajstić information content (AvgIpc) is 3.29. The van der Waals surface area contributed by atoms with Crippen LogP contribution in [-0.4, -0.2) is 34.3 Å². The first-order chi connectivity index (χ1) is 18.5. The Balaban J connectivity index is 1.75. The number of esters is 1. The number of thiazole rings is 1. The van der Waals surface area contributed by atoms with E-state index in [1.807, 2.05) is 6.92 Å². The minimum absolute atomic E-state index is 0.0753. The van der Waals surface area contributed by atoms with Crippen LogP contribution in [0.25, 0.3) is 4.96 Å². The first kappa shape index (κ1) is 27.5. The highest BCUT2D eigenvalue weighted by Gasteiger charge is 2.31. The van der Waals surface area contributed by atoms with Crippen LogP contribution in [0.15, 0.2) is 59.4 Å². The smallest absolute Gasteiger partial charge is 0.416 e. The molecule has 0 saturated heterocycles. The average molecular weight is 559 g/mol. The molecule has 0 spiro atoms. The van der Waals surface area contributed by atoms with Gasteiger partial charge in [-0.05, 0) is 48.9 Å². The van der Waals surface area contributed by atoms with Crippen molar-refractivity contribution in [3.8, 4) is 0 Å². The molecule has 0 aliphatic carbocycles. The quantitative estimate of drug-likeness (QED) is 0.308. The van der Waals surface area contributed by atoms with E-state index in [4.69, 9.17) is 0 Å². The summed E-state index contributed by atoms with van der Waals surface area (Å²) in [6, 6.07) is 11.0. The number of alkyl halides is 3. The van der Waals surface area contributed by atoms with E-state index in [1.165, 1.54) is 43.5 Å². The Morgan fingerprint density at radius 3 is 2.33 bits per heavy atom. The summed E-state index contributed by atoms with van der Waals surface area (Å²) in [5, 5.41) is 4.95. The highest BCUT2D eigenvalue weighted by molar-refractivity contribution is 7.19. The minimum atomic E-state index is -4.64. The third-order valence-corrected chi connectivity index (χ3v) is 6.55. The van der Waals surface area contributed by atoms with E-state index in [2.05, 4.69) is 20.4 Å². The lowest BCUT2D eigenvalue weighted by Crippen LogP contribution is -2.25. The topological polar surface area (TPSA) is 119 Å². The van der Waals surface area contributed by atoms with Crippen molar-refractivity contribution in [3.63, 3.8) is 0 Å². The lowest BCUT2D eigenvalue weighted by molar-refractivity contribution is -0.137. The van der Waals surface area contributed by atoms with Gasteiger partial charge in [-0.25, -0.2) is 14.2 Å². The highest BCUT2D eigenvalue weighted by Crippen LogP contribution is 2.31. The van der Waals surface area contributed by atoms with Gasteiger partial charge in [0.25, 0.3) is 17.4 Å². The fourth-order valence-corrected chi connectivity index (χ4v) is 4.77. The third kappa shape index (κ3) is 5.98.